The minimum absolute atomic E-state index is 0.101. The molecule has 0 saturated heterocycles. The van der Waals surface area contributed by atoms with Gasteiger partial charge in [0.2, 0.25) is 5.91 Å². The molecule has 0 aliphatic rings. The van der Waals surface area contributed by atoms with Gasteiger partial charge in [-0.15, -0.1) is 0 Å². The summed E-state index contributed by atoms with van der Waals surface area (Å²) in [5, 5.41) is 3.23. The van der Waals surface area contributed by atoms with Gasteiger partial charge in [-0.2, -0.15) is 0 Å². The Labute approximate surface area is 152 Å². The molecule has 0 bridgehead atoms. The molecule has 2 rings (SSSR count). The van der Waals surface area contributed by atoms with Crippen LogP contribution in [-0.4, -0.2) is 23.5 Å². The first-order valence-electron chi connectivity index (χ1n) is 8.22. The molecule has 1 unspecified atom stereocenters. The zero-order valence-electron chi connectivity index (χ0n) is 14.7. The van der Waals surface area contributed by atoms with E-state index < -0.39 is 0 Å². The van der Waals surface area contributed by atoms with Crippen molar-refractivity contribution in [3.63, 3.8) is 0 Å². The van der Waals surface area contributed by atoms with Gasteiger partial charge in [0.1, 0.15) is 16.4 Å². The maximum Gasteiger partial charge on any atom is 0.279 e. The maximum absolute atomic E-state index is 11.0. The molecule has 1 heterocycles. The summed E-state index contributed by atoms with van der Waals surface area (Å²) >= 11 is 1.36. The number of aromatic nitrogens is 1. The molecule has 1 aromatic heterocycles. The lowest BCUT2D eigenvalue weighted by Gasteiger charge is -2.07. The summed E-state index contributed by atoms with van der Waals surface area (Å²) in [6.45, 7) is 6.12. The van der Waals surface area contributed by atoms with Crippen molar-refractivity contribution in [2.75, 3.05) is 6.61 Å². The van der Waals surface area contributed by atoms with Gasteiger partial charge in [-0.1, -0.05) is 42.6 Å². The number of hydrogen-bond donors (Lipinski definition) is 1. The van der Waals surface area contributed by atoms with Gasteiger partial charge in [-0.25, -0.2) is 4.98 Å². The van der Waals surface area contributed by atoms with Gasteiger partial charge in [0.15, 0.2) is 0 Å². The van der Waals surface area contributed by atoms with Crippen LogP contribution in [-0.2, 0) is 4.79 Å². The number of hydrogen-bond acceptors (Lipinski definition) is 5. The predicted molar refractivity (Wildman–Crippen MR) is 99.2 cm³/mol. The topological polar surface area (TPSA) is 60.5 Å². The lowest BCUT2D eigenvalue weighted by molar-refractivity contribution is -0.119. The van der Waals surface area contributed by atoms with Crippen molar-refractivity contribution in [2.24, 2.45) is 0 Å². The number of rotatable bonds is 7. The normalized spacial score (nSPS) is 11.2. The molecule has 1 amide bonds. The van der Waals surface area contributed by atoms with Gasteiger partial charge in [0, 0.05) is 13.0 Å². The molecule has 0 aliphatic heterocycles. The van der Waals surface area contributed by atoms with E-state index in [1.165, 1.54) is 18.3 Å². The number of thiazole rings is 1. The fraction of sp³-hybridized carbons (Fsp3) is 0.368. The summed E-state index contributed by atoms with van der Waals surface area (Å²) in [5.74, 6) is 7.31. The fourth-order valence-electron chi connectivity index (χ4n) is 1.95. The van der Waals surface area contributed by atoms with E-state index in [-0.39, 0.29) is 11.9 Å². The minimum atomic E-state index is -0.207. The number of carbonyl (C=O) groups is 1. The SMILES string of the molecule is CCCCOc1cccc(Oc2ncc(C#CC(C)NC(C)=O)s2)c1. The van der Waals surface area contributed by atoms with Crippen molar-refractivity contribution in [3.8, 4) is 28.5 Å². The maximum atomic E-state index is 11.0. The number of ether oxygens (including phenoxy) is 2. The molecule has 1 N–H and O–H groups in total. The smallest absolute Gasteiger partial charge is 0.279 e. The molecule has 6 heteroatoms. The molecule has 0 aliphatic carbocycles. The lowest BCUT2D eigenvalue weighted by atomic mass is 10.3. The Bertz CT molecular complexity index is 761. The van der Waals surface area contributed by atoms with E-state index in [9.17, 15) is 4.79 Å². The van der Waals surface area contributed by atoms with E-state index >= 15 is 0 Å². The first-order chi connectivity index (χ1) is 12.1. The first kappa shape index (κ1) is 18.8. The highest BCUT2D eigenvalue weighted by Gasteiger charge is 2.05. The van der Waals surface area contributed by atoms with Crippen LogP contribution in [0.5, 0.6) is 16.7 Å². The van der Waals surface area contributed by atoms with Crippen LogP contribution in [0.1, 0.15) is 38.5 Å². The Morgan fingerprint density at radius 2 is 2.20 bits per heavy atom. The van der Waals surface area contributed by atoms with Crippen LogP contribution in [0.15, 0.2) is 30.5 Å². The van der Waals surface area contributed by atoms with Crippen LogP contribution in [0, 0.1) is 11.8 Å². The molecule has 0 fully saturated rings. The van der Waals surface area contributed by atoms with Crippen LogP contribution in [0.4, 0.5) is 0 Å². The summed E-state index contributed by atoms with van der Waals surface area (Å²) in [5.41, 5.74) is 0. The highest BCUT2D eigenvalue weighted by molar-refractivity contribution is 7.13. The van der Waals surface area contributed by atoms with Gasteiger partial charge in [0.25, 0.3) is 5.19 Å². The molecule has 1 atom stereocenters. The third-order valence-corrected chi connectivity index (χ3v) is 3.88. The lowest BCUT2D eigenvalue weighted by Crippen LogP contribution is -2.28. The molecule has 0 saturated carbocycles. The van der Waals surface area contributed by atoms with Crippen LogP contribution in [0.25, 0.3) is 0 Å². The Morgan fingerprint density at radius 3 is 2.96 bits per heavy atom. The van der Waals surface area contributed by atoms with Crippen molar-refractivity contribution in [1.82, 2.24) is 10.3 Å². The Balaban J connectivity index is 1.96. The zero-order chi connectivity index (χ0) is 18.1. The second kappa shape index (κ2) is 9.70. The Hall–Kier alpha value is -2.52. The molecular formula is C19H22N2O3S. The van der Waals surface area contributed by atoms with E-state index in [2.05, 4.69) is 29.1 Å². The summed E-state index contributed by atoms with van der Waals surface area (Å²) in [6.07, 6.45) is 3.78. The van der Waals surface area contributed by atoms with E-state index in [4.69, 9.17) is 9.47 Å². The van der Waals surface area contributed by atoms with E-state index in [0.717, 1.165) is 23.5 Å². The third kappa shape index (κ3) is 6.86. The van der Waals surface area contributed by atoms with Crippen molar-refractivity contribution in [3.05, 3.63) is 35.3 Å². The number of unbranched alkanes of at least 4 members (excludes halogenated alkanes) is 1. The summed E-state index contributed by atoms with van der Waals surface area (Å²) < 4.78 is 11.4. The first-order valence-corrected chi connectivity index (χ1v) is 9.03. The highest BCUT2D eigenvalue weighted by atomic mass is 32.1. The second-order valence-corrected chi connectivity index (χ2v) is 6.45. The summed E-state index contributed by atoms with van der Waals surface area (Å²) in [4.78, 5) is 16.0. The number of benzene rings is 1. The van der Waals surface area contributed by atoms with Crippen molar-refractivity contribution in [2.45, 2.75) is 39.7 Å². The average molecular weight is 358 g/mol. The second-order valence-electron chi connectivity index (χ2n) is 5.46. The standard InChI is InChI=1S/C19H22N2O3S/c1-4-5-11-23-16-7-6-8-17(12-16)24-19-20-13-18(25-19)10-9-14(2)21-15(3)22/h6-8,12-14H,4-5,11H2,1-3H3,(H,21,22). The van der Waals surface area contributed by atoms with E-state index in [0.29, 0.717) is 17.6 Å². The van der Waals surface area contributed by atoms with Crippen molar-refractivity contribution in [1.29, 1.82) is 0 Å². The van der Waals surface area contributed by atoms with Crippen LogP contribution in [0.3, 0.4) is 0 Å². The van der Waals surface area contributed by atoms with Crippen LogP contribution in [0.2, 0.25) is 0 Å². The predicted octanol–water partition coefficient (Wildman–Crippen LogP) is 3.99. The largest absolute Gasteiger partial charge is 0.493 e. The number of nitrogens with one attached hydrogen (secondary N) is 1. The molecule has 25 heavy (non-hydrogen) atoms. The quantitative estimate of drug-likeness (QED) is 0.600. The van der Waals surface area contributed by atoms with Gasteiger partial charge in [0.05, 0.1) is 18.8 Å². The average Bonchev–Trinajstić information content (AvgIpc) is 3.00. The number of carbonyl (C=O) groups excluding carboxylic acids is 1. The van der Waals surface area contributed by atoms with E-state index in [1.807, 2.05) is 31.2 Å². The summed E-state index contributed by atoms with van der Waals surface area (Å²) in [7, 11) is 0. The van der Waals surface area contributed by atoms with Crippen molar-refractivity contribution < 1.29 is 14.3 Å². The molecule has 0 radical (unpaired) electrons. The number of nitrogens with zero attached hydrogens (tertiary/aromatic N) is 1. The van der Waals surface area contributed by atoms with E-state index in [1.54, 1.807) is 6.20 Å². The fourth-order valence-corrected chi connectivity index (χ4v) is 2.59. The molecular weight excluding hydrogens is 336 g/mol. The van der Waals surface area contributed by atoms with Gasteiger partial charge < -0.3 is 14.8 Å². The molecule has 1 aromatic carbocycles. The van der Waals surface area contributed by atoms with Gasteiger partial charge in [-0.05, 0) is 25.5 Å². The molecule has 0 spiro atoms. The Morgan fingerprint density at radius 1 is 1.40 bits per heavy atom. The van der Waals surface area contributed by atoms with Crippen LogP contribution < -0.4 is 14.8 Å². The zero-order valence-corrected chi connectivity index (χ0v) is 15.5. The monoisotopic (exact) mass is 358 g/mol. The van der Waals surface area contributed by atoms with Crippen LogP contribution >= 0.6 is 11.3 Å². The third-order valence-electron chi connectivity index (χ3n) is 3.09. The number of amides is 1. The molecule has 5 nitrogen and oxygen atoms in total. The Kier molecular flexibility index (Phi) is 7.30. The van der Waals surface area contributed by atoms with Crippen molar-refractivity contribution >= 4 is 17.2 Å². The highest BCUT2D eigenvalue weighted by Crippen LogP contribution is 2.28. The van der Waals surface area contributed by atoms with Gasteiger partial charge in [-0.3, -0.25) is 4.79 Å². The minimum Gasteiger partial charge on any atom is -0.493 e. The molecule has 132 valence electrons. The summed E-state index contributed by atoms with van der Waals surface area (Å²) in [6, 6.07) is 7.30. The molecule has 2 aromatic rings. The van der Waals surface area contributed by atoms with Gasteiger partial charge >= 0.3 is 0 Å².